The van der Waals surface area contributed by atoms with E-state index in [-0.39, 0.29) is 18.2 Å². The van der Waals surface area contributed by atoms with E-state index in [4.69, 9.17) is 5.73 Å². The minimum Gasteiger partial charge on any atom is -0.330 e. The van der Waals surface area contributed by atoms with Gasteiger partial charge in [0.15, 0.2) is 0 Å². The van der Waals surface area contributed by atoms with Crippen LogP contribution in [0.2, 0.25) is 0 Å². The second-order valence-corrected chi connectivity index (χ2v) is 5.05. The zero-order valence-corrected chi connectivity index (χ0v) is 11.7. The first-order chi connectivity index (χ1) is 8.19. The Bertz CT molecular complexity index is 376. The van der Waals surface area contributed by atoms with Crippen LogP contribution in [0.15, 0.2) is 18.2 Å². The number of likely N-dealkylation sites (tertiary alicyclic amines) is 1. The molecule has 0 unspecified atom stereocenters. The van der Waals surface area contributed by atoms with E-state index in [1.165, 1.54) is 0 Å². The molecule has 0 atom stereocenters. The van der Waals surface area contributed by atoms with Gasteiger partial charge in [0.25, 0.3) is 0 Å². The van der Waals surface area contributed by atoms with E-state index in [2.05, 4.69) is 4.90 Å². The molecule has 1 aliphatic heterocycles. The SMILES string of the molecule is Cc1ccc(F)c(CN2CCC(CN)CC2)c1.Cl. The summed E-state index contributed by atoms with van der Waals surface area (Å²) in [6, 6.07) is 5.33. The maximum Gasteiger partial charge on any atom is 0.127 e. The van der Waals surface area contributed by atoms with Crippen molar-refractivity contribution in [3.8, 4) is 0 Å². The summed E-state index contributed by atoms with van der Waals surface area (Å²) in [6.07, 6.45) is 2.29. The lowest BCUT2D eigenvalue weighted by molar-refractivity contribution is 0.178. The van der Waals surface area contributed by atoms with E-state index < -0.39 is 0 Å². The highest BCUT2D eigenvalue weighted by molar-refractivity contribution is 5.85. The van der Waals surface area contributed by atoms with Crippen molar-refractivity contribution in [3.63, 3.8) is 0 Å². The topological polar surface area (TPSA) is 29.3 Å². The Morgan fingerprint density at radius 3 is 2.61 bits per heavy atom. The number of hydrogen-bond donors (Lipinski definition) is 1. The molecule has 0 spiro atoms. The number of rotatable bonds is 3. The second kappa shape index (κ2) is 7.07. The Morgan fingerprint density at radius 2 is 2.00 bits per heavy atom. The van der Waals surface area contributed by atoms with Crippen LogP contribution in [0.25, 0.3) is 0 Å². The quantitative estimate of drug-likeness (QED) is 0.917. The van der Waals surface area contributed by atoms with Gasteiger partial charge in [-0.05, 0) is 51.4 Å². The number of benzene rings is 1. The molecule has 1 aromatic carbocycles. The number of nitrogens with zero attached hydrogens (tertiary/aromatic N) is 1. The molecular weight excluding hydrogens is 251 g/mol. The summed E-state index contributed by atoms with van der Waals surface area (Å²) < 4.78 is 13.6. The first-order valence-electron chi connectivity index (χ1n) is 6.36. The van der Waals surface area contributed by atoms with Crippen molar-refractivity contribution < 1.29 is 4.39 Å². The van der Waals surface area contributed by atoms with Gasteiger partial charge >= 0.3 is 0 Å². The molecule has 0 bridgehead atoms. The van der Waals surface area contributed by atoms with Gasteiger partial charge in [0.2, 0.25) is 0 Å². The standard InChI is InChI=1S/C14H21FN2.ClH/c1-11-2-3-14(15)13(8-11)10-17-6-4-12(9-16)5-7-17;/h2-3,8,12H,4-7,9-10,16H2,1H3;1H. The molecule has 0 radical (unpaired) electrons. The molecule has 0 aromatic heterocycles. The number of piperidine rings is 1. The van der Waals surface area contributed by atoms with Gasteiger partial charge in [-0.1, -0.05) is 17.7 Å². The molecule has 1 heterocycles. The van der Waals surface area contributed by atoms with E-state index in [1.54, 1.807) is 6.07 Å². The molecule has 1 aromatic rings. The van der Waals surface area contributed by atoms with Gasteiger partial charge in [-0.3, -0.25) is 4.90 Å². The summed E-state index contributed by atoms with van der Waals surface area (Å²) in [5, 5.41) is 0. The van der Waals surface area contributed by atoms with E-state index in [0.29, 0.717) is 5.92 Å². The van der Waals surface area contributed by atoms with Crippen LogP contribution >= 0.6 is 12.4 Å². The van der Waals surface area contributed by atoms with Crippen LogP contribution in [0.5, 0.6) is 0 Å². The van der Waals surface area contributed by atoms with Gasteiger partial charge in [0, 0.05) is 12.1 Å². The summed E-state index contributed by atoms with van der Waals surface area (Å²) >= 11 is 0. The third-order valence-electron chi connectivity index (χ3n) is 3.64. The maximum atomic E-state index is 13.6. The summed E-state index contributed by atoms with van der Waals surface area (Å²) in [5.41, 5.74) is 7.61. The average molecular weight is 273 g/mol. The molecule has 2 rings (SSSR count). The van der Waals surface area contributed by atoms with E-state index in [9.17, 15) is 4.39 Å². The monoisotopic (exact) mass is 272 g/mol. The molecule has 0 aliphatic carbocycles. The lowest BCUT2D eigenvalue weighted by Gasteiger charge is -2.31. The summed E-state index contributed by atoms with van der Waals surface area (Å²) in [4.78, 5) is 2.32. The number of hydrogen-bond acceptors (Lipinski definition) is 2. The third kappa shape index (κ3) is 3.94. The van der Waals surface area contributed by atoms with Crippen molar-refractivity contribution in [2.24, 2.45) is 11.7 Å². The fraction of sp³-hybridized carbons (Fsp3) is 0.571. The Labute approximate surface area is 115 Å². The smallest absolute Gasteiger partial charge is 0.127 e. The molecule has 2 nitrogen and oxygen atoms in total. The largest absolute Gasteiger partial charge is 0.330 e. The van der Waals surface area contributed by atoms with Crippen LogP contribution in [0.3, 0.4) is 0 Å². The fourth-order valence-electron chi connectivity index (χ4n) is 2.45. The van der Waals surface area contributed by atoms with Gasteiger partial charge in [0.1, 0.15) is 5.82 Å². The second-order valence-electron chi connectivity index (χ2n) is 5.05. The number of aryl methyl sites for hydroxylation is 1. The molecule has 1 saturated heterocycles. The molecule has 1 fully saturated rings. The normalized spacial score (nSPS) is 17.5. The van der Waals surface area contributed by atoms with E-state index in [1.807, 2.05) is 19.1 Å². The van der Waals surface area contributed by atoms with Gasteiger partial charge < -0.3 is 5.73 Å². The molecule has 0 saturated carbocycles. The molecule has 4 heteroatoms. The minimum atomic E-state index is -0.0865. The molecule has 2 N–H and O–H groups in total. The van der Waals surface area contributed by atoms with Crippen molar-refractivity contribution in [3.05, 3.63) is 35.1 Å². The molecule has 102 valence electrons. The lowest BCUT2D eigenvalue weighted by Crippen LogP contribution is -2.35. The highest BCUT2D eigenvalue weighted by Gasteiger charge is 2.18. The van der Waals surface area contributed by atoms with Gasteiger partial charge in [-0.25, -0.2) is 4.39 Å². The van der Waals surface area contributed by atoms with E-state index >= 15 is 0 Å². The predicted octanol–water partition coefficient (Wildman–Crippen LogP) is 2.73. The molecular formula is C14H22ClFN2. The van der Waals surface area contributed by atoms with Crippen LogP contribution in [-0.4, -0.2) is 24.5 Å². The molecule has 0 amide bonds. The summed E-state index contributed by atoms with van der Waals surface area (Å²) in [7, 11) is 0. The van der Waals surface area contributed by atoms with Crippen molar-refractivity contribution in [2.75, 3.05) is 19.6 Å². The number of nitrogens with two attached hydrogens (primary N) is 1. The van der Waals surface area contributed by atoms with Crippen molar-refractivity contribution in [1.82, 2.24) is 4.90 Å². The zero-order valence-electron chi connectivity index (χ0n) is 10.9. The van der Waals surface area contributed by atoms with Gasteiger partial charge in [-0.2, -0.15) is 0 Å². The van der Waals surface area contributed by atoms with Crippen LogP contribution < -0.4 is 5.73 Å². The Balaban J connectivity index is 0.00000162. The van der Waals surface area contributed by atoms with Crippen molar-refractivity contribution >= 4 is 12.4 Å². The van der Waals surface area contributed by atoms with Crippen molar-refractivity contribution in [2.45, 2.75) is 26.3 Å². The Morgan fingerprint density at radius 1 is 1.33 bits per heavy atom. The van der Waals surface area contributed by atoms with Crippen LogP contribution in [0.4, 0.5) is 4.39 Å². The first-order valence-corrected chi connectivity index (χ1v) is 6.36. The minimum absolute atomic E-state index is 0. The van der Waals surface area contributed by atoms with Crippen LogP contribution in [0.1, 0.15) is 24.0 Å². The molecule has 18 heavy (non-hydrogen) atoms. The molecule has 1 aliphatic rings. The van der Waals surface area contributed by atoms with Gasteiger partial charge in [-0.15, -0.1) is 12.4 Å². The van der Waals surface area contributed by atoms with Crippen LogP contribution in [-0.2, 0) is 6.54 Å². The summed E-state index contributed by atoms with van der Waals surface area (Å²) in [5.74, 6) is 0.574. The zero-order chi connectivity index (χ0) is 12.3. The maximum absolute atomic E-state index is 13.6. The summed E-state index contributed by atoms with van der Waals surface area (Å²) in [6.45, 7) is 5.59. The number of halogens is 2. The lowest BCUT2D eigenvalue weighted by atomic mass is 9.96. The highest BCUT2D eigenvalue weighted by Crippen LogP contribution is 2.19. The first kappa shape index (κ1) is 15.4. The fourth-order valence-corrected chi connectivity index (χ4v) is 2.45. The average Bonchev–Trinajstić information content (AvgIpc) is 2.35. The Hall–Kier alpha value is -0.640. The Kier molecular flexibility index (Phi) is 6.06. The van der Waals surface area contributed by atoms with Crippen LogP contribution in [0, 0.1) is 18.7 Å². The van der Waals surface area contributed by atoms with E-state index in [0.717, 1.165) is 50.1 Å². The van der Waals surface area contributed by atoms with Gasteiger partial charge in [0.05, 0.1) is 0 Å². The highest BCUT2D eigenvalue weighted by atomic mass is 35.5. The predicted molar refractivity (Wildman–Crippen MR) is 75.4 cm³/mol. The van der Waals surface area contributed by atoms with Crippen molar-refractivity contribution in [1.29, 1.82) is 0 Å². The third-order valence-corrected chi connectivity index (χ3v) is 3.64.